The fraction of sp³-hybridized carbons (Fsp3) is 0.265. The number of amides is 3. The van der Waals surface area contributed by atoms with Crippen molar-refractivity contribution in [1.82, 2.24) is 44.5 Å². The lowest BCUT2D eigenvalue weighted by atomic mass is 10.0. The molecule has 1 unspecified atom stereocenters. The van der Waals surface area contributed by atoms with Crippen LogP contribution in [0, 0.1) is 0 Å². The van der Waals surface area contributed by atoms with Crippen molar-refractivity contribution < 1.29 is 19.5 Å². The van der Waals surface area contributed by atoms with Gasteiger partial charge in [-0.05, 0) is 85.3 Å². The van der Waals surface area contributed by atoms with Gasteiger partial charge in [0.2, 0.25) is 5.91 Å². The number of hydrogen-bond acceptors (Lipinski definition) is 7. The standard InChI is InChI=1S/C49H49N9O4/c1-55(2)43(37-27-36-13-7-8-14-38(36)50-28-37)47(59)57-25-9-15-41(57)45-51-29-39(53-45)33-21-17-31(18-22-33)32-19-23-34(24-20-32)40-30-52-46(54-40)42-16-10-26-58(42)48(60)44(56(3)49(61)62)35-11-5-4-6-12-35/h4-8,11-14,17-24,27-30,41-44H,9-10,15-16,25-26H2,1-3H3,(H,51,53)(H,52,54)(H,61,62)/t41-,42-,43?,44+/m0/s1. The fourth-order valence-electron chi connectivity index (χ4n) is 9.11. The number of para-hydroxylation sites is 1. The number of H-pyrrole nitrogens is 2. The molecule has 0 spiro atoms. The molecule has 2 saturated heterocycles. The maximum Gasteiger partial charge on any atom is 0.407 e. The lowest BCUT2D eigenvalue weighted by Crippen LogP contribution is -2.43. The summed E-state index contributed by atoms with van der Waals surface area (Å²) in [5, 5.41) is 10.8. The minimum atomic E-state index is -1.17. The number of imidazole rings is 2. The molecule has 3 amide bonds. The van der Waals surface area contributed by atoms with Gasteiger partial charge in [0, 0.05) is 31.7 Å². The number of aromatic amines is 2. The number of aromatic nitrogens is 5. The molecule has 314 valence electrons. The smallest absolute Gasteiger partial charge is 0.407 e. The van der Waals surface area contributed by atoms with Gasteiger partial charge in [-0.3, -0.25) is 24.4 Å². The summed E-state index contributed by atoms with van der Waals surface area (Å²) in [6, 6.07) is 33.9. The average Bonchev–Trinajstić information content (AvgIpc) is 4.14. The Morgan fingerprint density at radius 3 is 1.65 bits per heavy atom. The number of nitrogens with zero attached hydrogens (tertiary/aromatic N) is 7. The Morgan fingerprint density at radius 2 is 1.11 bits per heavy atom. The van der Waals surface area contributed by atoms with E-state index in [-0.39, 0.29) is 23.9 Å². The Labute approximate surface area is 360 Å². The number of pyridine rings is 1. The molecular formula is C49H49N9O4. The first-order chi connectivity index (χ1) is 30.1. The van der Waals surface area contributed by atoms with Crippen molar-refractivity contribution in [3.63, 3.8) is 0 Å². The van der Waals surface area contributed by atoms with Gasteiger partial charge < -0.3 is 24.9 Å². The van der Waals surface area contributed by atoms with Crippen LogP contribution >= 0.6 is 0 Å². The van der Waals surface area contributed by atoms with Gasteiger partial charge in [-0.1, -0.05) is 97.1 Å². The maximum atomic E-state index is 14.2. The van der Waals surface area contributed by atoms with Crippen molar-refractivity contribution in [2.24, 2.45) is 0 Å². The van der Waals surface area contributed by atoms with Crippen molar-refractivity contribution in [3.05, 3.63) is 151 Å². The van der Waals surface area contributed by atoms with E-state index in [0.29, 0.717) is 24.5 Å². The molecule has 3 N–H and O–H groups in total. The maximum absolute atomic E-state index is 14.2. The van der Waals surface area contributed by atoms with E-state index in [4.69, 9.17) is 9.97 Å². The zero-order valence-corrected chi connectivity index (χ0v) is 35.0. The molecule has 62 heavy (non-hydrogen) atoms. The van der Waals surface area contributed by atoms with Crippen molar-refractivity contribution in [3.8, 4) is 33.6 Å². The number of nitrogens with one attached hydrogen (secondary N) is 2. The number of carboxylic acid groups (broad SMARTS) is 1. The molecule has 0 aliphatic carbocycles. The zero-order chi connectivity index (χ0) is 42.9. The Hall–Kier alpha value is -7.12. The first kappa shape index (κ1) is 40.3. The van der Waals surface area contributed by atoms with Gasteiger partial charge in [0.15, 0.2) is 0 Å². The molecule has 2 aliphatic heterocycles. The summed E-state index contributed by atoms with van der Waals surface area (Å²) in [7, 11) is 5.31. The van der Waals surface area contributed by atoms with Crippen LogP contribution in [0.4, 0.5) is 4.79 Å². The van der Waals surface area contributed by atoms with Gasteiger partial charge in [0.1, 0.15) is 23.7 Å². The summed E-state index contributed by atoms with van der Waals surface area (Å²) in [5.41, 5.74) is 8.23. The monoisotopic (exact) mass is 827 g/mol. The number of carbonyl (C=O) groups is 3. The van der Waals surface area contributed by atoms with E-state index < -0.39 is 18.2 Å². The lowest BCUT2D eigenvalue weighted by Gasteiger charge is -2.32. The number of likely N-dealkylation sites (tertiary alicyclic amines) is 2. The van der Waals surface area contributed by atoms with Gasteiger partial charge in [0.25, 0.3) is 5.91 Å². The molecule has 0 bridgehead atoms. The summed E-state index contributed by atoms with van der Waals surface area (Å²) in [6.45, 7) is 1.19. The molecule has 5 heterocycles. The quantitative estimate of drug-likeness (QED) is 0.117. The van der Waals surface area contributed by atoms with Crippen LogP contribution in [0.15, 0.2) is 128 Å². The lowest BCUT2D eigenvalue weighted by molar-refractivity contribution is -0.138. The van der Waals surface area contributed by atoms with Crippen LogP contribution in [0.2, 0.25) is 0 Å². The van der Waals surface area contributed by atoms with Gasteiger partial charge in [-0.25, -0.2) is 14.8 Å². The number of benzene rings is 4. The Kier molecular flexibility index (Phi) is 11.1. The summed E-state index contributed by atoms with van der Waals surface area (Å²) in [6.07, 6.45) is 7.56. The number of fused-ring (bicyclic) bond motifs is 1. The van der Waals surface area contributed by atoms with Crippen LogP contribution in [0.3, 0.4) is 0 Å². The highest BCUT2D eigenvalue weighted by atomic mass is 16.4. The van der Waals surface area contributed by atoms with E-state index in [0.717, 1.165) is 86.5 Å². The molecule has 3 aromatic heterocycles. The number of likely N-dealkylation sites (N-methyl/N-ethyl adjacent to an activating group) is 2. The van der Waals surface area contributed by atoms with Crippen LogP contribution in [0.25, 0.3) is 44.5 Å². The van der Waals surface area contributed by atoms with Gasteiger partial charge in [-0.2, -0.15) is 0 Å². The minimum Gasteiger partial charge on any atom is -0.465 e. The van der Waals surface area contributed by atoms with Crippen LogP contribution in [0.1, 0.15) is 72.6 Å². The van der Waals surface area contributed by atoms with Crippen LogP contribution in [-0.2, 0) is 9.59 Å². The SMILES string of the molecule is CN(C)C(C(=O)N1CCC[C@H]1c1ncc(-c2ccc(-c3ccc(-c4cnc([C@@H]5CCCN5C(=O)[C@@H](c5ccccc5)N(C)C(=O)O)[nH]4)cc3)cc2)[nH]1)c1cnc2ccccc2c1. The van der Waals surface area contributed by atoms with Crippen LogP contribution in [-0.4, -0.2) is 102 Å². The number of hydrogen-bond donors (Lipinski definition) is 3. The van der Waals surface area contributed by atoms with Crippen molar-refractivity contribution >= 4 is 28.8 Å². The van der Waals surface area contributed by atoms with E-state index in [1.807, 2.05) is 78.8 Å². The number of rotatable bonds is 11. The second-order valence-electron chi connectivity index (χ2n) is 16.4. The summed E-state index contributed by atoms with van der Waals surface area (Å²) < 4.78 is 0. The van der Waals surface area contributed by atoms with Gasteiger partial charge in [0.05, 0.1) is 41.4 Å². The molecule has 2 aliphatic rings. The molecule has 13 nitrogen and oxygen atoms in total. The predicted octanol–water partition coefficient (Wildman–Crippen LogP) is 8.66. The van der Waals surface area contributed by atoms with Gasteiger partial charge >= 0.3 is 6.09 Å². The van der Waals surface area contributed by atoms with Gasteiger partial charge in [-0.15, -0.1) is 0 Å². The molecule has 0 radical (unpaired) electrons. The number of carbonyl (C=O) groups excluding carboxylic acids is 2. The first-order valence-corrected chi connectivity index (χ1v) is 21.1. The highest BCUT2D eigenvalue weighted by Crippen LogP contribution is 2.38. The summed E-state index contributed by atoms with van der Waals surface area (Å²) in [5.74, 6) is 1.25. The Balaban J connectivity index is 0.865. The molecule has 7 aromatic rings. The highest BCUT2D eigenvalue weighted by molar-refractivity contribution is 5.88. The van der Waals surface area contributed by atoms with Crippen molar-refractivity contribution in [2.75, 3.05) is 34.2 Å². The van der Waals surface area contributed by atoms with E-state index in [2.05, 4.69) is 69.5 Å². The third kappa shape index (κ3) is 7.82. The minimum absolute atomic E-state index is 0.0446. The van der Waals surface area contributed by atoms with Crippen LogP contribution < -0.4 is 0 Å². The average molecular weight is 828 g/mol. The van der Waals surface area contributed by atoms with Crippen LogP contribution in [0.5, 0.6) is 0 Å². The largest absolute Gasteiger partial charge is 0.465 e. The van der Waals surface area contributed by atoms with E-state index in [1.54, 1.807) is 23.2 Å². The molecular weight excluding hydrogens is 779 g/mol. The van der Waals surface area contributed by atoms with E-state index in [1.165, 1.54) is 7.05 Å². The Morgan fingerprint density at radius 1 is 0.613 bits per heavy atom. The fourth-order valence-corrected chi connectivity index (χ4v) is 9.11. The summed E-state index contributed by atoms with van der Waals surface area (Å²) >= 11 is 0. The van der Waals surface area contributed by atoms with Crippen molar-refractivity contribution in [1.29, 1.82) is 0 Å². The molecule has 2 fully saturated rings. The highest BCUT2D eigenvalue weighted by Gasteiger charge is 2.40. The topological polar surface area (TPSA) is 155 Å². The first-order valence-electron chi connectivity index (χ1n) is 21.1. The third-order valence-corrected chi connectivity index (χ3v) is 12.3. The molecule has 13 heteroatoms. The van der Waals surface area contributed by atoms with Crippen molar-refractivity contribution in [2.45, 2.75) is 49.9 Å². The molecule has 0 saturated carbocycles. The van der Waals surface area contributed by atoms with E-state index >= 15 is 0 Å². The summed E-state index contributed by atoms with van der Waals surface area (Å²) in [4.78, 5) is 68.1. The Bertz CT molecular complexity index is 2710. The zero-order valence-electron chi connectivity index (χ0n) is 35.0. The third-order valence-electron chi connectivity index (χ3n) is 12.3. The molecule has 4 aromatic carbocycles. The molecule has 4 atom stereocenters. The predicted molar refractivity (Wildman–Crippen MR) is 238 cm³/mol. The second-order valence-corrected chi connectivity index (χ2v) is 16.4. The van der Waals surface area contributed by atoms with E-state index in [9.17, 15) is 19.5 Å². The second kappa shape index (κ2) is 17.1. The normalized spacial score (nSPS) is 17.4. The molecule has 9 rings (SSSR count).